The number of aliphatic hydroxyl groups is 1. The molecule has 1 fully saturated rings. The van der Waals surface area contributed by atoms with Crippen molar-refractivity contribution in [2.24, 2.45) is 0 Å². The van der Waals surface area contributed by atoms with Crippen LogP contribution in [0.2, 0.25) is 0 Å². The van der Waals surface area contributed by atoms with Crippen LogP contribution in [0.4, 0.5) is 8.78 Å². The highest BCUT2D eigenvalue weighted by molar-refractivity contribution is 7.98. The number of rotatable bonds is 5. The molecule has 0 saturated carbocycles. The monoisotopic (exact) mass is 302 g/mol. The van der Waals surface area contributed by atoms with Gasteiger partial charge in [-0.3, -0.25) is 4.90 Å². The lowest BCUT2D eigenvalue weighted by atomic mass is 9.98. The Hall–Kier alpha value is -0.690. The summed E-state index contributed by atoms with van der Waals surface area (Å²) in [5.74, 6) is -3.14. The number of hydrogen-bond acceptors (Lipinski definition) is 4. The number of halogens is 2. The van der Waals surface area contributed by atoms with E-state index in [1.165, 1.54) is 0 Å². The van der Waals surface area contributed by atoms with E-state index in [0.29, 0.717) is 31.7 Å². The van der Waals surface area contributed by atoms with Crippen molar-refractivity contribution in [2.45, 2.75) is 16.9 Å². The molecule has 0 spiro atoms. The molecule has 0 radical (unpaired) electrons. The third-order valence-corrected chi connectivity index (χ3v) is 4.30. The summed E-state index contributed by atoms with van der Waals surface area (Å²) in [5, 5.41) is 12.2. The molecule has 20 heavy (non-hydrogen) atoms. The Labute approximate surface area is 122 Å². The van der Waals surface area contributed by atoms with Crippen molar-refractivity contribution in [1.29, 1.82) is 0 Å². The molecule has 2 rings (SSSR count). The second-order valence-electron chi connectivity index (χ2n) is 4.88. The summed E-state index contributed by atoms with van der Waals surface area (Å²) < 4.78 is 28.3. The number of aliphatic hydroxyl groups excluding tert-OH is 1. The van der Waals surface area contributed by atoms with Crippen LogP contribution in [0, 0.1) is 0 Å². The third kappa shape index (κ3) is 3.49. The zero-order valence-corrected chi connectivity index (χ0v) is 12.3. The van der Waals surface area contributed by atoms with Gasteiger partial charge in [-0.05, 0) is 24.0 Å². The van der Waals surface area contributed by atoms with E-state index in [2.05, 4.69) is 5.32 Å². The van der Waals surface area contributed by atoms with Crippen molar-refractivity contribution in [1.82, 2.24) is 10.2 Å². The van der Waals surface area contributed by atoms with Crippen molar-refractivity contribution in [3.8, 4) is 0 Å². The first-order valence-corrected chi connectivity index (χ1v) is 7.88. The molecule has 1 aromatic carbocycles. The Kier molecular flexibility index (Phi) is 5.37. The Morgan fingerprint density at radius 2 is 1.90 bits per heavy atom. The Morgan fingerprint density at radius 1 is 1.30 bits per heavy atom. The van der Waals surface area contributed by atoms with Crippen LogP contribution in [0.5, 0.6) is 0 Å². The highest BCUT2D eigenvalue weighted by atomic mass is 32.2. The molecule has 0 amide bonds. The molecule has 3 nitrogen and oxygen atoms in total. The molecular weight excluding hydrogens is 282 g/mol. The minimum atomic E-state index is -3.14. The van der Waals surface area contributed by atoms with Crippen LogP contribution in [0.1, 0.15) is 11.6 Å². The fourth-order valence-corrected chi connectivity index (χ4v) is 2.94. The summed E-state index contributed by atoms with van der Waals surface area (Å²) in [4.78, 5) is 2.79. The highest BCUT2D eigenvalue weighted by Gasteiger charge is 2.43. The maximum absolute atomic E-state index is 14.2. The fraction of sp³-hybridized carbons (Fsp3) is 0.571. The van der Waals surface area contributed by atoms with E-state index in [1.807, 2.05) is 18.4 Å². The number of thioether (sulfide) groups is 1. The van der Waals surface area contributed by atoms with E-state index in [0.717, 1.165) is 4.90 Å². The van der Waals surface area contributed by atoms with Crippen LogP contribution in [-0.4, -0.2) is 55.0 Å². The van der Waals surface area contributed by atoms with Crippen LogP contribution in [0.15, 0.2) is 29.2 Å². The number of alkyl halides is 2. The normalized spacial score (nSPS) is 19.0. The molecule has 1 saturated heterocycles. The van der Waals surface area contributed by atoms with Crippen molar-refractivity contribution in [3.63, 3.8) is 0 Å². The van der Waals surface area contributed by atoms with E-state index in [1.54, 1.807) is 28.8 Å². The molecule has 0 aliphatic carbocycles. The smallest absolute Gasteiger partial charge is 0.289 e. The third-order valence-electron chi connectivity index (χ3n) is 3.56. The van der Waals surface area contributed by atoms with Gasteiger partial charge < -0.3 is 10.4 Å². The average Bonchev–Trinajstić information content (AvgIpc) is 2.49. The first-order chi connectivity index (χ1) is 9.58. The molecule has 0 bridgehead atoms. The number of hydrogen-bond donors (Lipinski definition) is 2. The Bertz CT molecular complexity index is 422. The van der Waals surface area contributed by atoms with Crippen LogP contribution >= 0.6 is 11.8 Å². The minimum Gasteiger partial charge on any atom is -0.390 e. The maximum atomic E-state index is 14.2. The van der Waals surface area contributed by atoms with Crippen LogP contribution < -0.4 is 5.32 Å². The van der Waals surface area contributed by atoms with E-state index >= 15 is 0 Å². The second kappa shape index (κ2) is 6.85. The van der Waals surface area contributed by atoms with Gasteiger partial charge in [0, 0.05) is 31.1 Å². The lowest BCUT2D eigenvalue weighted by molar-refractivity contribution is -0.118. The molecule has 1 aromatic rings. The van der Waals surface area contributed by atoms with Gasteiger partial charge in [0.25, 0.3) is 5.92 Å². The van der Waals surface area contributed by atoms with Gasteiger partial charge >= 0.3 is 0 Å². The van der Waals surface area contributed by atoms with Gasteiger partial charge in [0.15, 0.2) is 0 Å². The number of nitrogens with zero attached hydrogens (tertiary/aromatic N) is 1. The number of piperazine rings is 1. The van der Waals surface area contributed by atoms with Crippen LogP contribution in [-0.2, 0) is 0 Å². The van der Waals surface area contributed by atoms with Gasteiger partial charge in [-0.1, -0.05) is 12.1 Å². The SMILES string of the molecule is CSc1ccc([C@@H](N2CCNCC2)C(F)(F)CO)cc1. The predicted molar refractivity (Wildman–Crippen MR) is 77.4 cm³/mol. The average molecular weight is 302 g/mol. The molecule has 0 unspecified atom stereocenters. The standard InChI is InChI=1S/C14H20F2N2OS/c1-20-12-4-2-11(3-5-12)13(14(15,16)10-19)18-8-6-17-7-9-18/h2-5,13,17,19H,6-10H2,1H3/t13-/m1/s1. The first-order valence-electron chi connectivity index (χ1n) is 6.66. The zero-order chi connectivity index (χ0) is 14.6. The van der Waals surface area contributed by atoms with Gasteiger partial charge in [0.2, 0.25) is 0 Å². The van der Waals surface area contributed by atoms with Gasteiger partial charge in [-0.2, -0.15) is 0 Å². The highest BCUT2D eigenvalue weighted by Crippen LogP contribution is 2.36. The largest absolute Gasteiger partial charge is 0.390 e. The predicted octanol–water partition coefficient (Wildman–Crippen LogP) is 1.98. The lowest BCUT2D eigenvalue weighted by Crippen LogP contribution is -2.51. The Balaban J connectivity index is 2.29. The van der Waals surface area contributed by atoms with Crippen molar-refractivity contribution >= 4 is 11.8 Å². The number of benzene rings is 1. The van der Waals surface area contributed by atoms with Crippen molar-refractivity contribution in [3.05, 3.63) is 29.8 Å². The van der Waals surface area contributed by atoms with Gasteiger partial charge in [-0.15, -0.1) is 11.8 Å². The fourth-order valence-electron chi connectivity index (χ4n) is 2.53. The summed E-state index contributed by atoms with van der Waals surface area (Å²) in [6, 6.07) is 6.11. The molecule has 6 heteroatoms. The molecule has 112 valence electrons. The molecule has 0 aromatic heterocycles. The minimum absolute atomic E-state index is 0.559. The van der Waals surface area contributed by atoms with Gasteiger partial charge in [0.1, 0.15) is 12.6 Å². The maximum Gasteiger partial charge on any atom is 0.289 e. The first kappa shape index (κ1) is 15.7. The topological polar surface area (TPSA) is 35.5 Å². The summed E-state index contributed by atoms with van der Waals surface area (Å²) in [7, 11) is 0. The van der Waals surface area contributed by atoms with E-state index in [4.69, 9.17) is 5.11 Å². The van der Waals surface area contributed by atoms with Crippen molar-refractivity contribution in [2.75, 3.05) is 39.0 Å². The Morgan fingerprint density at radius 3 is 2.40 bits per heavy atom. The zero-order valence-electron chi connectivity index (χ0n) is 11.5. The summed E-state index contributed by atoms with van der Waals surface area (Å²) in [6.07, 6.45) is 1.95. The van der Waals surface area contributed by atoms with E-state index in [9.17, 15) is 8.78 Å². The van der Waals surface area contributed by atoms with E-state index in [-0.39, 0.29) is 0 Å². The quantitative estimate of drug-likeness (QED) is 0.815. The molecule has 1 aliphatic rings. The van der Waals surface area contributed by atoms with Crippen molar-refractivity contribution < 1.29 is 13.9 Å². The molecule has 1 heterocycles. The summed E-state index contributed by atoms with van der Waals surface area (Å²) >= 11 is 1.58. The lowest BCUT2D eigenvalue weighted by Gasteiger charge is -2.38. The molecule has 1 aliphatic heterocycles. The molecule has 1 atom stereocenters. The van der Waals surface area contributed by atoms with Crippen LogP contribution in [0.25, 0.3) is 0 Å². The molecule has 2 N–H and O–H groups in total. The van der Waals surface area contributed by atoms with Crippen LogP contribution in [0.3, 0.4) is 0 Å². The van der Waals surface area contributed by atoms with E-state index < -0.39 is 18.6 Å². The van der Waals surface area contributed by atoms with Gasteiger partial charge in [0.05, 0.1) is 0 Å². The number of nitrogens with one attached hydrogen (secondary N) is 1. The second-order valence-corrected chi connectivity index (χ2v) is 5.76. The summed E-state index contributed by atoms with van der Waals surface area (Å²) in [6.45, 7) is 1.38. The van der Waals surface area contributed by atoms with Gasteiger partial charge in [-0.25, -0.2) is 8.78 Å². The molecular formula is C14H20F2N2OS. The summed E-state index contributed by atoms with van der Waals surface area (Å²) in [5.41, 5.74) is 0.559.